The lowest BCUT2D eigenvalue weighted by atomic mass is 9.90. The van der Waals surface area contributed by atoms with Crippen LogP contribution in [0.4, 0.5) is 5.69 Å². The number of anilines is 1. The Bertz CT molecular complexity index is 797. The van der Waals surface area contributed by atoms with E-state index in [1.165, 1.54) is 24.0 Å². The van der Waals surface area contributed by atoms with Crippen molar-refractivity contribution in [3.05, 3.63) is 29.3 Å². The van der Waals surface area contributed by atoms with Crippen LogP contribution in [0.15, 0.2) is 23.3 Å². The highest BCUT2D eigenvalue weighted by Crippen LogP contribution is 2.27. The molecular weight excluding hydrogens is 368 g/mol. The lowest BCUT2D eigenvalue weighted by molar-refractivity contribution is -0.139. The zero-order valence-electron chi connectivity index (χ0n) is 17.1. The highest BCUT2D eigenvalue weighted by Gasteiger charge is 2.20. The van der Waals surface area contributed by atoms with Gasteiger partial charge < -0.3 is 10.6 Å². The molecule has 0 unspecified atom stereocenters. The maximum Gasteiger partial charge on any atom is 0.329 e. The Kier molecular flexibility index (Phi) is 7.38. The average molecular weight is 399 g/mol. The maximum atomic E-state index is 12.4. The third-order valence-corrected chi connectivity index (χ3v) is 5.58. The van der Waals surface area contributed by atoms with Crippen LogP contribution in [-0.4, -0.2) is 29.5 Å². The number of rotatable bonds is 5. The number of benzene rings is 1. The summed E-state index contributed by atoms with van der Waals surface area (Å²) in [5, 5.41) is 9.60. The number of hydrogen-bond donors (Lipinski definition) is 3. The third kappa shape index (κ3) is 6.14. The van der Waals surface area contributed by atoms with Crippen LogP contribution in [0.1, 0.15) is 69.4 Å². The second-order valence-corrected chi connectivity index (χ2v) is 7.97. The summed E-state index contributed by atoms with van der Waals surface area (Å²) in [4.78, 5) is 36.2. The van der Waals surface area contributed by atoms with Crippen LogP contribution >= 0.6 is 0 Å². The average Bonchev–Trinajstić information content (AvgIpc) is 2.73. The molecule has 1 aromatic carbocycles. The first-order valence-electron chi connectivity index (χ1n) is 10.6. The molecule has 0 bridgehead atoms. The molecule has 0 spiro atoms. The summed E-state index contributed by atoms with van der Waals surface area (Å²) in [6.45, 7) is 1.65. The van der Waals surface area contributed by atoms with E-state index >= 15 is 0 Å². The molecule has 7 nitrogen and oxygen atoms in total. The molecule has 0 atom stereocenters. The van der Waals surface area contributed by atoms with Crippen LogP contribution in [-0.2, 0) is 27.2 Å². The van der Waals surface area contributed by atoms with Crippen molar-refractivity contribution in [1.29, 1.82) is 0 Å². The molecule has 1 aromatic rings. The van der Waals surface area contributed by atoms with Gasteiger partial charge in [0.2, 0.25) is 5.91 Å². The number of aryl methyl sites for hydroxylation is 1. The predicted octanol–water partition coefficient (Wildman–Crippen LogP) is 2.84. The second-order valence-electron chi connectivity index (χ2n) is 7.97. The summed E-state index contributed by atoms with van der Waals surface area (Å²) in [6, 6.07) is 6.07. The van der Waals surface area contributed by atoms with E-state index in [0.29, 0.717) is 5.71 Å². The standard InChI is InChI=1S/C22H30N4O3/c1-15(25-26-22(29)21(28)23-17-10-3-2-4-11-17)14-20(27)24-19-13-7-9-16-8-5-6-12-18(16)19/h7,9,13,17H,2-6,8,10-12,14H2,1H3,(H,23,28)(H,24,27)(H,26,29)/b25-15-. The van der Waals surface area contributed by atoms with Gasteiger partial charge in [0.15, 0.2) is 0 Å². The van der Waals surface area contributed by atoms with Crippen molar-refractivity contribution in [3.63, 3.8) is 0 Å². The Morgan fingerprint density at radius 2 is 1.76 bits per heavy atom. The van der Waals surface area contributed by atoms with E-state index in [2.05, 4.69) is 27.2 Å². The minimum atomic E-state index is -0.799. The van der Waals surface area contributed by atoms with Crippen molar-refractivity contribution in [2.45, 2.75) is 77.2 Å². The van der Waals surface area contributed by atoms with Crippen LogP contribution in [0.5, 0.6) is 0 Å². The van der Waals surface area contributed by atoms with Gasteiger partial charge in [0.05, 0.1) is 6.42 Å². The van der Waals surface area contributed by atoms with Gasteiger partial charge in [-0.1, -0.05) is 31.4 Å². The summed E-state index contributed by atoms with van der Waals surface area (Å²) in [5.41, 5.74) is 6.06. The van der Waals surface area contributed by atoms with Crippen molar-refractivity contribution in [1.82, 2.24) is 10.7 Å². The van der Waals surface area contributed by atoms with Crippen molar-refractivity contribution in [3.8, 4) is 0 Å². The molecule has 0 heterocycles. The molecule has 1 saturated carbocycles. The first kappa shape index (κ1) is 21.0. The molecule has 29 heavy (non-hydrogen) atoms. The van der Waals surface area contributed by atoms with Gasteiger partial charge in [-0.2, -0.15) is 5.10 Å². The molecular formula is C22H30N4O3. The minimum absolute atomic E-state index is 0.0498. The number of carbonyl (C=O) groups is 3. The van der Waals surface area contributed by atoms with E-state index in [0.717, 1.165) is 50.6 Å². The first-order valence-corrected chi connectivity index (χ1v) is 10.6. The van der Waals surface area contributed by atoms with Gasteiger partial charge in [-0.15, -0.1) is 0 Å². The van der Waals surface area contributed by atoms with Crippen LogP contribution in [0.25, 0.3) is 0 Å². The smallest absolute Gasteiger partial charge is 0.329 e. The summed E-state index contributed by atoms with van der Waals surface area (Å²) in [6.07, 6.45) is 9.53. The molecule has 156 valence electrons. The molecule has 3 rings (SSSR count). The van der Waals surface area contributed by atoms with Crippen molar-refractivity contribution < 1.29 is 14.4 Å². The molecule has 0 aliphatic heterocycles. The molecule has 2 aliphatic carbocycles. The van der Waals surface area contributed by atoms with Gasteiger partial charge >= 0.3 is 11.8 Å². The molecule has 3 amide bonds. The number of fused-ring (bicyclic) bond motifs is 1. The summed E-state index contributed by atoms with van der Waals surface area (Å²) in [5.74, 6) is -1.66. The number of nitrogens with one attached hydrogen (secondary N) is 3. The summed E-state index contributed by atoms with van der Waals surface area (Å²) in [7, 11) is 0. The Hall–Kier alpha value is -2.70. The maximum absolute atomic E-state index is 12.4. The van der Waals surface area contributed by atoms with Crippen LogP contribution < -0.4 is 16.1 Å². The number of nitrogens with zero attached hydrogens (tertiary/aromatic N) is 1. The van der Waals surface area contributed by atoms with Crippen molar-refractivity contribution >= 4 is 29.1 Å². The fourth-order valence-electron chi connectivity index (χ4n) is 4.06. The van der Waals surface area contributed by atoms with E-state index in [-0.39, 0.29) is 18.4 Å². The molecule has 2 aliphatic rings. The zero-order chi connectivity index (χ0) is 20.6. The SMILES string of the molecule is C/C(CC(=O)Nc1cccc2c1CCCC2)=N/NC(=O)C(=O)NC1CCCCC1. The van der Waals surface area contributed by atoms with Crippen molar-refractivity contribution in [2.75, 3.05) is 5.32 Å². The van der Waals surface area contributed by atoms with E-state index < -0.39 is 11.8 Å². The first-order chi connectivity index (χ1) is 14.0. The summed E-state index contributed by atoms with van der Waals surface area (Å²) >= 11 is 0. The molecule has 0 aromatic heterocycles. The number of carbonyl (C=O) groups excluding carboxylic acids is 3. The topological polar surface area (TPSA) is 99.7 Å². The van der Waals surface area contributed by atoms with Gasteiger partial charge in [-0.25, -0.2) is 5.43 Å². The quantitative estimate of drug-likeness (QED) is 0.404. The normalized spacial score (nSPS) is 17.2. The van der Waals surface area contributed by atoms with E-state index in [1.54, 1.807) is 6.92 Å². The predicted molar refractivity (Wildman–Crippen MR) is 113 cm³/mol. The molecule has 1 fully saturated rings. The highest BCUT2D eigenvalue weighted by atomic mass is 16.2. The van der Waals surface area contributed by atoms with Gasteiger partial charge in [0.25, 0.3) is 0 Å². The number of hydrazone groups is 1. The van der Waals surface area contributed by atoms with Crippen LogP contribution in [0, 0.1) is 0 Å². The molecule has 7 heteroatoms. The number of hydrogen-bond acceptors (Lipinski definition) is 4. The van der Waals surface area contributed by atoms with E-state index in [1.807, 2.05) is 12.1 Å². The lowest BCUT2D eigenvalue weighted by Gasteiger charge is -2.22. The Morgan fingerprint density at radius 1 is 1.00 bits per heavy atom. The van der Waals surface area contributed by atoms with Gasteiger partial charge in [-0.3, -0.25) is 14.4 Å². The van der Waals surface area contributed by atoms with E-state index in [9.17, 15) is 14.4 Å². The summed E-state index contributed by atoms with van der Waals surface area (Å²) < 4.78 is 0. The Balaban J connectivity index is 1.47. The number of amides is 3. The van der Waals surface area contributed by atoms with Crippen LogP contribution in [0.3, 0.4) is 0 Å². The van der Waals surface area contributed by atoms with Crippen LogP contribution in [0.2, 0.25) is 0 Å². The largest absolute Gasteiger partial charge is 0.345 e. The van der Waals surface area contributed by atoms with Gasteiger partial charge in [0.1, 0.15) is 0 Å². The fourth-order valence-corrected chi connectivity index (χ4v) is 4.06. The van der Waals surface area contributed by atoms with Crippen molar-refractivity contribution in [2.24, 2.45) is 5.10 Å². The zero-order valence-corrected chi connectivity index (χ0v) is 17.1. The fraction of sp³-hybridized carbons (Fsp3) is 0.545. The Morgan fingerprint density at radius 3 is 2.55 bits per heavy atom. The second kappa shape index (κ2) is 10.2. The molecule has 0 saturated heterocycles. The van der Waals surface area contributed by atoms with Gasteiger partial charge in [0, 0.05) is 17.4 Å². The highest BCUT2D eigenvalue weighted by molar-refractivity contribution is 6.35. The minimum Gasteiger partial charge on any atom is -0.345 e. The van der Waals surface area contributed by atoms with Gasteiger partial charge in [-0.05, 0) is 62.6 Å². The third-order valence-electron chi connectivity index (χ3n) is 5.58. The molecule has 0 radical (unpaired) electrons. The van der Waals surface area contributed by atoms with E-state index in [4.69, 9.17) is 0 Å². The Labute approximate surface area is 171 Å². The monoisotopic (exact) mass is 398 g/mol. The lowest BCUT2D eigenvalue weighted by Crippen LogP contribution is -2.44. The molecule has 3 N–H and O–H groups in total.